The topological polar surface area (TPSA) is 48.1 Å². The quantitative estimate of drug-likeness (QED) is 0.790. The van der Waals surface area contributed by atoms with Gasteiger partial charge in [-0.2, -0.15) is 0 Å². The number of hydrogen-bond donors (Lipinski definition) is 1. The Morgan fingerprint density at radius 3 is 2.94 bits per heavy atom. The van der Waals surface area contributed by atoms with Gasteiger partial charge in [0.05, 0.1) is 12.3 Å². The van der Waals surface area contributed by atoms with Crippen molar-refractivity contribution in [2.45, 2.75) is 39.7 Å². The van der Waals surface area contributed by atoms with Crippen LogP contribution < -0.4 is 10.5 Å². The van der Waals surface area contributed by atoms with Crippen LogP contribution in [-0.2, 0) is 6.42 Å². The lowest BCUT2D eigenvalue weighted by molar-refractivity contribution is 0.260. The molecule has 0 spiro atoms. The van der Waals surface area contributed by atoms with Gasteiger partial charge in [0.2, 0.25) is 0 Å². The van der Waals surface area contributed by atoms with Gasteiger partial charge in [0.15, 0.2) is 0 Å². The lowest BCUT2D eigenvalue weighted by Crippen LogP contribution is -2.23. The molecule has 88 valence electrons. The highest BCUT2D eigenvalue weighted by atomic mass is 16.5. The third-order valence-electron chi connectivity index (χ3n) is 2.78. The molecule has 0 saturated heterocycles. The predicted molar refractivity (Wildman–Crippen MR) is 64.4 cm³/mol. The van der Waals surface area contributed by atoms with Gasteiger partial charge in [0.1, 0.15) is 5.75 Å². The molecule has 0 saturated carbocycles. The molecule has 3 nitrogen and oxygen atoms in total. The number of fused-ring (bicyclic) bond motifs is 1. The van der Waals surface area contributed by atoms with Crippen molar-refractivity contribution >= 4 is 0 Å². The molecule has 0 fully saturated rings. The molecule has 0 amide bonds. The van der Waals surface area contributed by atoms with Crippen molar-refractivity contribution in [1.82, 2.24) is 4.98 Å². The van der Waals surface area contributed by atoms with E-state index in [2.05, 4.69) is 25.8 Å². The zero-order chi connectivity index (χ0) is 11.8. The Kier molecular flexibility index (Phi) is 2.89. The van der Waals surface area contributed by atoms with Gasteiger partial charge < -0.3 is 10.5 Å². The SMILES string of the molecule is CC(C)(C)Cc1nccc2c1OCCC2N. The Morgan fingerprint density at radius 2 is 2.25 bits per heavy atom. The van der Waals surface area contributed by atoms with Gasteiger partial charge >= 0.3 is 0 Å². The summed E-state index contributed by atoms with van der Waals surface area (Å²) >= 11 is 0. The Bertz CT molecular complexity index is 382. The van der Waals surface area contributed by atoms with Gasteiger partial charge in [0.25, 0.3) is 0 Å². The van der Waals surface area contributed by atoms with Gasteiger partial charge in [-0.3, -0.25) is 4.98 Å². The average Bonchev–Trinajstić information content (AvgIpc) is 2.17. The van der Waals surface area contributed by atoms with E-state index in [9.17, 15) is 0 Å². The summed E-state index contributed by atoms with van der Waals surface area (Å²) in [5, 5.41) is 0. The predicted octanol–water partition coefficient (Wildman–Crippen LogP) is 2.45. The van der Waals surface area contributed by atoms with Gasteiger partial charge in [-0.05, 0) is 17.9 Å². The minimum atomic E-state index is 0.102. The van der Waals surface area contributed by atoms with E-state index in [-0.39, 0.29) is 11.5 Å². The largest absolute Gasteiger partial charge is 0.491 e. The number of ether oxygens (including phenoxy) is 1. The molecule has 2 heterocycles. The number of rotatable bonds is 1. The van der Waals surface area contributed by atoms with Crippen LogP contribution in [0.25, 0.3) is 0 Å². The van der Waals surface area contributed by atoms with E-state index in [0.717, 1.165) is 29.8 Å². The van der Waals surface area contributed by atoms with Crippen molar-refractivity contribution in [2.24, 2.45) is 11.1 Å². The molecule has 3 heteroatoms. The fourth-order valence-corrected chi connectivity index (χ4v) is 2.04. The fraction of sp³-hybridized carbons (Fsp3) is 0.615. The standard InChI is InChI=1S/C13H20N2O/c1-13(2,3)8-11-12-9(4-6-15-11)10(14)5-7-16-12/h4,6,10H,5,7-8,14H2,1-3H3. The van der Waals surface area contributed by atoms with Crippen LogP contribution in [0, 0.1) is 5.41 Å². The third kappa shape index (κ3) is 2.35. The van der Waals surface area contributed by atoms with Crippen LogP contribution in [0.15, 0.2) is 12.3 Å². The van der Waals surface area contributed by atoms with Crippen molar-refractivity contribution in [3.63, 3.8) is 0 Å². The van der Waals surface area contributed by atoms with E-state index >= 15 is 0 Å². The molecular formula is C13H20N2O. The molecule has 2 N–H and O–H groups in total. The number of nitrogens with two attached hydrogens (primary N) is 1. The maximum absolute atomic E-state index is 6.07. The van der Waals surface area contributed by atoms with Crippen molar-refractivity contribution in [3.8, 4) is 5.75 Å². The summed E-state index contributed by atoms with van der Waals surface area (Å²) in [6.07, 6.45) is 3.66. The Balaban J connectivity index is 2.36. The van der Waals surface area contributed by atoms with E-state index in [1.165, 1.54) is 0 Å². The van der Waals surface area contributed by atoms with Crippen LogP contribution in [0.4, 0.5) is 0 Å². The molecular weight excluding hydrogens is 200 g/mol. The Labute approximate surface area is 97.0 Å². The van der Waals surface area contributed by atoms with Crippen LogP contribution >= 0.6 is 0 Å². The average molecular weight is 220 g/mol. The number of aromatic nitrogens is 1. The summed E-state index contributed by atoms with van der Waals surface area (Å²) < 4.78 is 5.73. The summed E-state index contributed by atoms with van der Waals surface area (Å²) in [6, 6.07) is 2.08. The maximum atomic E-state index is 6.07. The van der Waals surface area contributed by atoms with Gasteiger partial charge in [-0.25, -0.2) is 0 Å². The van der Waals surface area contributed by atoms with Gasteiger partial charge in [0, 0.05) is 24.2 Å². The lowest BCUT2D eigenvalue weighted by atomic mass is 9.88. The first-order chi connectivity index (χ1) is 7.47. The molecule has 0 radical (unpaired) electrons. The van der Waals surface area contributed by atoms with Gasteiger partial charge in [-0.1, -0.05) is 20.8 Å². The van der Waals surface area contributed by atoms with Crippen molar-refractivity contribution in [1.29, 1.82) is 0 Å². The first kappa shape index (κ1) is 11.4. The lowest BCUT2D eigenvalue weighted by Gasteiger charge is -2.26. The Morgan fingerprint density at radius 1 is 1.50 bits per heavy atom. The van der Waals surface area contributed by atoms with Crippen molar-refractivity contribution < 1.29 is 4.74 Å². The molecule has 2 rings (SSSR count). The maximum Gasteiger partial charge on any atom is 0.145 e. The normalized spacial score (nSPS) is 20.1. The molecule has 1 unspecified atom stereocenters. The molecule has 1 atom stereocenters. The molecule has 1 aromatic heterocycles. The highest BCUT2D eigenvalue weighted by Crippen LogP contribution is 2.35. The van der Waals surface area contributed by atoms with E-state index in [4.69, 9.17) is 10.5 Å². The minimum absolute atomic E-state index is 0.102. The van der Waals surface area contributed by atoms with E-state index in [1.54, 1.807) is 0 Å². The second-order valence-electron chi connectivity index (χ2n) is 5.66. The summed E-state index contributed by atoms with van der Waals surface area (Å²) in [5.74, 6) is 0.927. The van der Waals surface area contributed by atoms with Crippen molar-refractivity contribution in [2.75, 3.05) is 6.61 Å². The fourth-order valence-electron chi connectivity index (χ4n) is 2.04. The third-order valence-corrected chi connectivity index (χ3v) is 2.78. The second-order valence-corrected chi connectivity index (χ2v) is 5.66. The van der Waals surface area contributed by atoms with E-state index in [0.29, 0.717) is 6.61 Å². The van der Waals surface area contributed by atoms with E-state index in [1.807, 2.05) is 12.3 Å². The Hall–Kier alpha value is -1.09. The summed E-state index contributed by atoms with van der Waals surface area (Å²) in [4.78, 5) is 4.43. The van der Waals surface area contributed by atoms with Crippen LogP contribution in [0.1, 0.15) is 44.5 Å². The zero-order valence-corrected chi connectivity index (χ0v) is 10.3. The highest BCUT2D eigenvalue weighted by Gasteiger charge is 2.23. The molecule has 1 aliphatic heterocycles. The number of pyridine rings is 1. The molecule has 1 aromatic rings. The molecule has 1 aliphatic rings. The zero-order valence-electron chi connectivity index (χ0n) is 10.3. The number of hydrogen-bond acceptors (Lipinski definition) is 3. The van der Waals surface area contributed by atoms with Gasteiger partial charge in [-0.15, -0.1) is 0 Å². The van der Waals surface area contributed by atoms with Crippen LogP contribution in [0.3, 0.4) is 0 Å². The molecule has 0 bridgehead atoms. The summed E-state index contributed by atoms with van der Waals surface area (Å²) in [6.45, 7) is 7.32. The van der Waals surface area contributed by atoms with Crippen molar-refractivity contribution in [3.05, 3.63) is 23.5 Å². The first-order valence-electron chi connectivity index (χ1n) is 5.83. The highest BCUT2D eigenvalue weighted by molar-refractivity contribution is 5.40. The van der Waals surface area contributed by atoms with Crippen LogP contribution in [-0.4, -0.2) is 11.6 Å². The monoisotopic (exact) mass is 220 g/mol. The number of nitrogens with zero attached hydrogens (tertiary/aromatic N) is 1. The van der Waals surface area contributed by atoms with Crippen LogP contribution in [0.2, 0.25) is 0 Å². The summed E-state index contributed by atoms with van der Waals surface area (Å²) in [7, 11) is 0. The smallest absolute Gasteiger partial charge is 0.145 e. The minimum Gasteiger partial charge on any atom is -0.491 e. The second kappa shape index (κ2) is 4.06. The molecule has 0 aromatic carbocycles. The van der Waals surface area contributed by atoms with E-state index < -0.39 is 0 Å². The molecule has 0 aliphatic carbocycles. The summed E-state index contributed by atoms with van der Waals surface area (Å²) in [5.41, 5.74) is 8.44. The molecule has 16 heavy (non-hydrogen) atoms. The van der Waals surface area contributed by atoms with Crippen LogP contribution in [0.5, 0.6) is 5.75 Å². The first-order valence-corrected chi connectivity index (χ1v) is 5.83.